The Hall–Kier alpha value is -4.29. The lowest BCUT2D eigenvalue weighted by atomic mass is 10.1. The fourth-order valence-electron chi connectivity index (χ4n) is 3.08. The zero-order valence-electron chi connectivity index (χ0n) is 18.8. The van der Waals surface area contributed by atoms with E-state index in [0.717, 1.165) is 23.8 Å². The quantitative estimate of drug-likeness (QED) is 0.289. The molecular formula is C26H19ClF3N3O3. The van der Waals surface area contributed by atoms with Crippen molar-refractivity contribution in [1.29, 1.82) is 5.26 Å². The number of hydrogen-bond donors (Lipinski definition) is 2. The Morgan fingerprint density at radius 1 is 1.06 bits per heavy atom. The number of hydrogen-bond acceptors (Lipinski definition) is 4. The normalized spacial score (nSPS) is 11.4. The summed E-state index contributed by atoms with van der Waals surface area (Å²) in [6.45, 7) is 1.47. The summed E-state index contributed by atoms with van der Waals surface area (Å²) in [5.41, 5.74) is 0.223. The van der Waals surface area contributed by atoms with Gasteiger partial charge in [0, 0.05) is 22.0 Å². The van der Waals surface area contributed by atoms with Crippen molar-refractivity contribution in [1.82, 2.24) is 0 Å². The average Bonchev–Trinajstić information content (AvgIpc) is 2.83. The molecule has 184 valence electrons. The minimum atomic E-state index is -4.59. The molecular weight excluding hydrogens is 495 g/mol. The lowest BCUT2D eigenvalue weighted by Gasteiger charge is -2.12. The summed E-state index contributed by atoms with van der Waals surface area (Å²) in [7, 11) is 0. The fraction of sp³-hybridized carbons (Fsp3) is 0.115. The number of para-hydroxylation sites is 1. The van der Waals surface area contributed by atoms with Gasteiger partial charge in [0.25, 0.3) is 11.8 Å². The number of anilines is 2. The summed E-state index contributed by atoms with van der Waals surface area (Å²) in [5, 5.41) is 14.8. The van der Waals surface area contributed by atoms with Crippen molar-refractivity contribution in [2.24, 2.45) is 0 Å². The van der Waals surface area contributed by atoms with E-state index in [0.29, 0.717) is 5.69 Å². The van der Waals surface area contributed by atoms with Gasteiger partial charge in [-0.15, -0.1) is 0 Å². The van der Waals surface area contributed by atoms with Gasteiger partial charge in [0.1, 0.15) is 17.4 Å². The van der Waals surface area contributed by atoms with E-state index in [9.17, 15) is 28.0 Å². The molecule has 36 heavy (non-hydrogen) atoms. The van der Waals surface area contributed by atoms with Crippen LogP contribution in [0.4, 0.5) is 24.5 Å². The highest BCUT2D eigenvalue weighted by molar-refractivity contribution is 6.30. The Bertz CT molecular complexity index is 1360. The molecule has 2 N–H and O–H groups in total. The van der Waals surface area contributed by atoms with Crippen molar-refractivity contribution in [3.05, 3.63) is 94.0 Å². The zero-order chi connectivity index (χ0) is 26.3. The van der Waals surface area contributed by atoms with Crippen molar-refractivity contribution < 1.29 is 27.5 Å². The minimum Gasteiger partial charge on any atom is -0.483 e. The van der Waals surface area contributed by atoms with Crippen LogP contribution in [0.1, 0.15) is 16.7 Å². The number of halogens is 4. The van der Waals surface area contributed by atoms with E-state index in [-0.39, 0.29) is 28.6 Å². The number of carbonyl (C=O) groups is 2. The van der Waals surface area contributed by atoms with Crippen LogP contribution < -0.4 is 15.4 Å². The maximum atomic E-state index is 12.9. The molecule has 0 saturated carbocycles. The van der Waals surface area contributed by atoms with Crippen molar-refractivity contribution >= 4 is 40.9 Å². The zero-order valence-corrected chi connectivity index (χ0v) is 19.6. The van der Waals surface area contributed by atoms with Gasteiger partial charge in [-0.25, -0.2) is 0 Å². The molecule has 2 amide bonds. The van der Waals surface area contributed by atoms with E-state index < -0.39 is 29.1 Å². The average molecular weight is 514 g/mol. The summed E-state index contributed by atoms with van der Waals surface area (Å²) >= 11 is 6.05. The highest BCUT2D eigenvalue weighted by atomic mass is 35.5. The van der Waals surface area contributed by atoms with Crippen LogP contribution >= 0.6 is 11.6 Å². The third-order valence-electron chi connectivity index (χ3n) is 4.86. The fourth-order valence-corrected chi connectivity index (χ4v) is 3.26. The molecule has 0 radical (unpaired) electrons. The van der Waals surface area contributed by atoms with Gasteiger partial charge in [-0.1, -0.05) is 35.9 Å². The Balaban J connectivity index is 1.77. The molecule has 3 aromatic carbocycles. The van der Waals surface area contributed by atoms with Gasteiger partial charge in [-0.2, -0.15) is 18.4 Å². The van der Waals surface area contributed by atoms with Gasteiger partial charge in [-0.3, -0.25) is 9.59 Å². The molecule has 0 aliphatic rings. The molecule has 0 bridgehead atoms. The topological polar surface area (TPSA) is 91.2 Å². The van der Waals surface area contributed by atoms with Crippen LogP contribution in [0.3, 0.4) is 0 Å². The lowest BCUT2D eigenvalue weighted by molar-refractivity contribution is -0.137. The summed E-state index contributed by atoms with van der Waals surface area (Å²) in [5.74, 6) is -1.20. The summed E-state index contributed by atoms with van der Waals surface area (Å²) in [6.07, 6.45) is -3.42. The van der Waals surface area contributed by atoms with Crippen LogP contribution in [0.5, 0.6) is 5.75 Å². The second kappa shape index (κ2) is 11.4. The highest BCUT2D eigenvalue weighted by Gasteiger charge is 2.30. The number of ether oxygens (including phenoxy) is 1. The van der Waals surface area contributed by atoms with Crippen LogP contribution in [-0.4, -0.2) is 18.4 Å². The molecule has 0 aliphatic carbocycles. The molecule has 0 atom stereocenters. The van der Waals surface area contributed by atoms with Crippen molar-refractivity contribution in [3.63, 3.8) is 0 Å². The predicted molar refractivity (Wildman–Crippen MR) is 130 cm³/mol. The molecule has 0 aliphatic heterocycles. The van der Waals surface area contributed by atoms with Crippen LogP contribution in [0.25, 0.3) is 6.08 Å². The number of amides is 2. The highest BCUT2D eigenvalue weighted by Crippen LogP contribution is 2.31. The Morgan fingerprint density at radius 2 is 1.81 bits per heavy atom. The maximum absolute atomic E-state index is 12.9. The molecule has 0 unspecified atom stereocenters. The van der Waals surface area contributed by atoms with Gasteiger partial charge in [0.2, 0.25) is 0 Å². The number of nitrogens with one attached hydrogen (secondary N) is 2. The maximum Gasteiger partial charge on any atom is 0.416 e. The molecule has 0 spiro atoms. The van der Waals surface area contributed by atoms with Crippen molar-refractivity contribution in [2.45, 2.75) is 13.1 Å². The van der Waals surface area contributed by atoms with Crippen LogP contribution in [-0.2, 0) is 15.8 Å². The molecule has 6 nitrogen and oxygen atoms in total. The number of alkyl halides is 3. The molecule has 10 heteroatoms. The van der Waals surface area contributed by atoms with E-state index in [2.05, 4.69) is 10.6 Å². The van der Waals surface area contributed by atoms with Crippen molar-refractivity contribution in [3.8, 4) is 11.8 Å². The third-order valence-corrected chi connectivity index (χ3v) is 5.10. The summed E-state index contributed by atoms with van der Waals surface area (Å²) in [6, 6.07) is 17.3. The predicted octanol–water partition coefficient (Wildman–Crippen LogP) is 6.23. The minimum absolute atomic E-state index is 0.133. The number of nitrogens with zero attached hydrogens (tertiary/aromatic N) is 1. The molecule has 0 heterocycles. The van der Waals surface area contributed by atoms with Gasteiger partial charge in [0.05, 0.1) is 5.56 Å². The monoisotopic (exact) mass is 513 g/mol. The van der Waals surface area contributed by atoms with Crippen LogP contribution in [0.2, 0.25) is 5.02 Å². The largest absolute Gasteiger partial charge is 0.483 e. The van der Waals surface area contributed by atoms with Gasteiger partial charge in [-0.05, 0) is 61.0 Å². The first kappa shape index (κ1) is 26.3. The second-order valence-electron chi connectivity index (χ2n) is 7.54. The van der Waals surface area contributed by atoms with E-state index in [1.165, 1.54) is 30.3 Å². The SMILES string of the molecule is Cc1ccccc1NC(=O)COc1ccc(Cl)cc1/C=C(\C#N)C(=O)Nc1cccc(C(F)(F)F)c1. The number of benzene rings is 3. The van der Waals surface area contributed by atoms with Gasteiger partial charge >= 0.3 is 6.18 Å². The Kier molecular flexibility index (Phi) is 8.35. The van der Waals surface area contributed by atoms with Crippen LogP contribution in [0.15, 0.2) is 72.3 Å². The molecule has 3 rings (SSSR count). The van der Waals surface area contributed by atoms with Crippen molar-refractivity contribution in [2.75, 3.05) is 17.2 Å². The number of rotatable bonds is 7. The molecule has 0 fully saturated rings. The lowest BCUT2D eigenvalue weighted by Crippen LogP contribution is -2.21. The molecule has 3 aromatic rings. The number of nitriles is 1. The van der Waals surface area contributed by atoms with Gasteiger partial charge in [0.15, 0.2) is 6.61 Å². The smallest absolute Gasteiger partial charge is 0.416 e. The van der Waals surface area contributed by atoms with E-state index in [1.54, 1.807) is 18.2 Å². The van der Waals surface area contributed by atoms with Gasteiger partial charge < -0.3 is 15.4 Å². The molecule has 0 saturated heterocycles. The summed E-state index contributed by atoms with van der Waals surface area (Å²) in [4.78, 5) is 24.9. The first-order valence-corrected chi connectivity index (χ1v) is 10.8. The van der Waals surface area contributed by atoms with Crippen LogP contribution in [0, 0.1) is 18.3 Å². The standard InChI is InChI=1S/C26H19ClF3N3O3/c1-16-5-2-3-8-22(16)33-24(34)15-36-23-10-9-20(27)12-17(23)11-18(14-31)25(35)32-21-7-4-6-19(13-21)26(28,29)30/h2-13H,15H2,1H3,(H,32,35)(H,33,34)/b18-11+. The first-order chi connectivity index (χ1) is 17.1. The first-order valence-electron chi connectivity index (χ1n) is 10.4. The third kappa shape index (κ3) is 7.10. The van der Waals surface area contributed by atoms with E-state index in [1.807, 2.05) is 19.1 Å². The second-order valence-corrected chi connectivity index (χ2v) is 7.97. The Labute approximate surface area is 210 Å². The number of carbonyl (C=O) groups excluding carboxylic acids is 2. The summed E-state index contributed by atoms with van der Waals surface area (Å²) < 4.78 is 44.4. The Morgan fingerprint density at radius 3 is 2.50 bits per heavy atom. The van der Waals surface area contributed by atoms with E-state index >= 15 is 0 Å². The molecule has 0 aromatic heterocycles. The van der Waals surface area contributed by atoms with E-state index in [4.69, 9.17) is 16.3 Å². The number of aryl methyl sites for hydroxylation is 1.